The van der Waals surface area contributed by atoms with E-state index in [1.807, 2.05) is 56.6 Å². The molecule has 0 aliphatic heterocycles. The molecule has 0 saturated carbocycles. The molecule has 7 nitrogen and oxygen atoms in total. The summed E-state index contributed by atoms with van der Waals surface area (Å²) in [7, 11) is -1.92. The lowest BCUT2D eigenvalue weighted by atomic mass is 10.0. The molecular weight excluding hydrogens is 470 g/mol. The van der Waals surface area contributed by atoms with Gasteiger partial charge in [-0.3, -0.25) is 14.4 Å². The molecule has 4 aromatic rings. The first-order valence-electron chi connectivity index (χ1n) is 12.1. The van der Waals surface area contributed by atoms with Crippen LogP contribution in [0.2, 0.25) is 0 Å². The first-order valence-corrected chi connectivity index (χ1v) is 13.6. The standard InChI is InChI=1S/C28H33N5O2S/c1-20(2)15-27-28(21(3)33(4)31-27)32-36(34,35)26-12-10-24(11-13-26)25-9-5-7-22(16-25)17-30-19-23-8-6-14-29-18-23/h5-14,16,18,20,30,32H,15,17,19H2,1-4H3. The van der Waals surface area contributed by atoms with Crippen LogP contribution in [0.1, 0.15) is 36.4 Å². The van der Waals surface area contributed by atoms with Gasteiger partial charge in [0.05, 0.1) is 22.0 Å². The van der Waals surface area contributed by atoms with Gasteiger partial charge in [-0.1, -0.05) is 50.2 Å². The van der Waals surface area contributed by atoms with Gasteiger partial charge in [0.25, 0.3) is 10.0 Å². The second-order valence-corrected chi connectivity index (χ2v) is 11.1. The number of aromatic nitrogens is 3. The van der Waals surface area contributed by atoms with Crippen LogP contribution in [0.4, 0.5) is 5.69 Å². The number of hydrogen-bond donors (Lipinski definition) is 2. The third-order valence-electron chi connectivity index (χ3n) is 6.05. The van der Waals surface area contributed by atoms with E-state index in [0.29, 0.717) is 18.0 Å². The lowest BCUT2D eigenvalue weighted by molar-refractivity contribution is 0.600. The van der Waals surface area contributed by atoms with Gasteiger partial charge in [-0.25, -0.2) is 8.42 Å². The molecule has 0 saturated heterocycles. The van der Waals surface area contributed by atoms with Crippen LogP contribution in [0, 0.1) is 12.8 Å². The molecule has 36 heavy (non-hydrogen) atoms. The fourth-order valence-electron chi connectivity index (χ4n) is 4.07. The minimum atomic E-state index is -3.74. The lowest BCUT2D eigenvalue weighted by Gasteiger charge is -2.12. The summed E-state index contributed by atoms with van der Waals surface area (Å²) in [6.45, 7) is 7.52. The molecule has 0 spiro atoms. The van der Waals surface area contributed by atoms with Gasteiger partial charge in [0.1, 0.15) is 0 Å². The summed E-state index contributed by atoms with van der Waals surface area (Å²) in [5.74, 6) is 0.364. The fraction of sp³-hybridized carbons (Fsp3) is 0.286. The average molecular weight is 504 g/mol. The number of benzene rings is 2. The van der Waals surface area contributed by atoms with Crippen LogP contribution in [-0.4, -0.2) is 23.2 Å². The smallest absolute Gasteiger partial charge is 0.262 e. The Morgan fingerprint density at radius 2 is 1.67 bits per heavy atom. The highest BCUT2D eigenvalue weighted by atomic mass is 32.2. The Labute approximate surface area is 213 Å². The van der Waals surface area contributed by atoms with E-state index >= 15 is 0 Å². The molecule has 2 aromatic heterocycles. The molecule has 0 radical (unpaired) electrons. The van der Waals surface area contributed by atoms with Crippen molar-refractivity contribution in [2.75, 3.05) is 4.72 Å². The summed E-state index contributed by atoms with van der Waals surface area (Å²) in [6.07, 6.45) is 4.32. The maximum atomic E-state index is 13.2. The normalized spacial score (nSPS) is 11.7. The highest BCUT2D eigenvalue weighted by molar-refractivity contribution is 7.92. The van der Waals surface area contributed by atoms with E-state index in [9.17, 15) is 8.42 Å². The lowest BCUT2D eigenvalue weighted by Crippen LogP contribution is -2.15. The third kappa shape index (κ3) is 6.19. The van der Waals surface area contributed by atoms with Crippen LogP contribution in [0.25, 0.3) is 11.1 Å². The van der Waals surface area contributed by atoms with E-state index < -0.39 is 10.0 Å². The molecule has 8 heteroatoms. The minimum absolute atomic E-state index is 0.222. The SMILES string of the molecule is Cc1c(NS(=O)(=O)c2ccc(-c3cccc(CNCc4cccnc4)c3)cc2)c(CC(C)C)nn1C. The van der Waals surface area contributed by atoms with Gasteiger partial charge in [0.2, 0.25) is 0 Å². The zero-order chi connectivity index (χ0) is 25.7. The number of anilines is 1. The number of pyridine rings is 1. The molecular formula is C28H33N5O2S. The summed E-state index contributed by atoms with van der Waals surface area (Å²) >= 11 is 0. The monoisotopic (exact) mass is 503 g/mol. The third-order valence-corrected chi connectivity index (χ3v) is 7.42. The maximum absolute atomic E-state index is 13.2. The first-order chi connectivity index (χ1) is 17.2. The molecule has 0 atom stereocenters. The molecule has 4 rings (SSSR count). The highest BCUT2D eigenvalue weighted by Gasteiger charge is 2.21. The van der Waals surface area contributed by atoms with Gasteiger partial charge in [0.15, 0.2) is 0 Å². The van der Waals surface area contributed by atoms with E-state index in [2.05, 4.69) is 46.1 Å². The van der Waals surface area contributed by atoms with Crippen LogP contribution in [0.5, 0.6) is 0 Å². The summed E-state index contributed by atoms with van der Waals surface area (Å²) in [6, 6.07) is 19.2. The van der Waals surface area contributed by atoms with Crippen molar-refractivity contribution in [2.45, 2.75) is 45.2 Å². The van der Waals surface area contributed by atoms with Crippen LogP contribution >= 0.6 is 0 Å². The summed E-state index contributed by atoms with van der Waals surface area (Å²) in [4.78, 5) is 4.36. The number of rotatable bonds is 10. The average Bonchev–Trinajstić information content (AvgIpc) is 3.11. The van der Waals surface area contributed by atoms with E-state index in [-0.39, 0.29) is 4.90 Å². The van der Waals surface area contributed by atoms with E-state index in [1.54, 1.807) is 23.0 Å². The molecule has 0 fully saturated rings. The van der Waals surface area contributed by atoms with Gasteiger partial charge in [-0.05, 0) is 65.8 Å². The summed E-state index contributed by atoms with van der Waals surface area (Å²) in [5, 5.41) is 7.95. The largest absolute Gasteiger partial charge is 0.309 e. The summed E-state index contributed by atoms with van der Waals surface area (Å²) < 4.78 is 30.9. The van der Waals surface area contributed by atoms with Crippen molar-refractivity contribution in [3.63, 3.8) is 0 Å². The quantitative estimate of drug-likeness (QED) is 0.315. The number of nitrogens with zero attached hydrogens (tertiary/aromatic N) is 3. The Morgan fingerprint density at radius 3 is 2.36 bits per heavy atom. The van der Waals surface area contributed by atoms with Gasteiger partial charge < -0.3 is 5.32 Å². The number of nitrogens with one attached hydrogen (secondary N) is 2. The number of sulfonamides is 1. The zero-order valence-corrected chi connectivity index (χ0v) is 22.0. The first kappa shape index (κ1) is 25.6. The number of aryl methyl sites for hydroxylation is 1. The Kier molecular flexibility index (Phi) is 7.86. The number of hydrogen-bond acceptors (Lipinski definition) is 5. The molecule has 188 valence electrons. The fourth-order valence-corrected chi connectivity index (χ4v) is 5.22. The van der Waals surface area contributed by atoms with Crippen molar-refractivity contribution < 1.29 is 8.42 Å². The van der Waals surface area contributed by atoms with Crippen molar-refractivity contribution in [3.05, 3.63) is 95.6 Å². The van der Waals surface area contributed by atoms with Gasteiger partial charge in [0, 0.05) is 32.5 Å². The summed E-state index contributed by atoms with van der Waals surface area (Å²) in [5.41, 5.74) is 6.41. The predicted octanol–water partition coefficient (Wildman–Crippen LogP) is 5.08. The van der Waals surface area contributed by atoms with Crippen LogP contribution < -0.4 is 10.0 Å². The second-order valence-electron chi connectivity index (χ2n) is 9.42. The van der Waals surface area contributed by atoms with Gasteiger partial charge >= 0.3 is 0 Å². The Balaban J connectivity index is 1.47. The molecule has 0 unspecified atom stereocenters. The maximum Gasteiger partial charge on any atom is 0.262 e. The van der Waals surface area contributed by atoms with Crippen LogP contribution in [0.3, 0.4) is 0 Å². The van der Waals surface area contributed by atoms with Crippen molar-refractivity contribution in [1.29, 1.82) is 0 Å². The minimum Gasteiger partial charge on any atom is -0.309 e. The predicted molar refractivity (Wildman–Crippen MR) is 144 cm³/mol. The van der Waals surface area contributed by atoms with Crippen molar-refractivity contribution in [2.24, 2.45) is 13.0 Å². The van der Waals surface area contributed by atoms with Crippen molar-refractivity contribution in [1.82, 2.24) is 20.1 Å². The molecule has 0 aliphatic rings. The molecule has 2 aromatic carbocycles. The van der Waals surface area contributed by atoms with Crippen molar-refractivity contribution >= 4 is 15.7 Å². The molecule has 0 aliphatic carbocycles. The zero-order valence-electron chi connectivity index (χ0n) is 21.2. The van der Waals surface area contributed by atoms with Gasteiger partial charge in [-0.2, -0.15) is 5.10 Å². The Morgan fingerprint density at radius 1 is 0.944 bits per heavy atom. The Hall–Kier alpha value is -3.49. The van der Waals surface area contributed by atoms with Crippen LogP contribution in [-0.2, 0) is 36.6 Å². The van der Waals surface area contributed by atoms with Gasteiger partial charge in [-0.15, -0.1) is 0 Å². The molecule has 0 amide bonds. The molecule has 0 bridgehead atoms. The van der Waals surface area contributed by atoms with E-state index in [0.717, 1.165) is 46.7 Å². The molecule has 2 heterocycles. The Bertz CT molecular complexity index is 1410. The van der Waals surface area contributed by atoms with E-state index in [1.165, 1.54) is 0 Å². The van der Waals surface area contributed by atoms with E-state index in [4.69, 9.17) is 0 Å². The topological polar surface area (TPSA) is 88.9 Å². The highest BCUT2D eigenvalue weighted by Crippen LogP contribution is 2.27. The second kappa shape index (κ2) is 11.1. The van der Waals surface area contributed by atoms with Crippen LogP contribution in [0.15, 0.2) is 78.0 Å². The molecule has 2 N–H and O–H groups in total. The van der Waals surface area contributed by atoms with Crippen molar-refractivity contribution in [3.8, 4) is 11.1 Å².